The summed E-state index contributed by atoms with van der Waals surface area (Å²) in [4.78, 5) is 25.6. The Hall–Kier alpha value is -2.38. The number of nitrogens with one attached hydrogen (secondary N) is 2. The van der Waals surface area contributed by atoms with E-state index < -0.39 is 4.92 Å². The average molecular weight is 268 g/mol. The molecule has 0 aliphatic rings. The van der Waals surface area contributed by atoms with Crippen LogP contribution < -0.4 is 15.4 Å². The highest BCUT2D eigenvalue weighted by Gasteiger charge is 2.17. The minimum absolute atomic E-state index is 0.00237. The fraction of sp³-hybridized carbons (Fsp3) is 0.455. The van der Waals surface area contributed by atoms with Gasteiger partial charge >= 0.3 is 5.69 Å². The first kappa shape index (κ1) is 14.7. The highest BCUT2D eigenvalue weighted by molar-refractivity contribution is 5.81. The molecule has 0 spiro atoms. The second-order valence-corrected chi connectivity index (χ2v) is 4.05. The van der Waals surface area contributed by atoms with Gasteiger partial charge in [-0.25, -0.2) is 0 Å². The molecule has 1 amide bonds. The Morgan fingerprint density at radius 1 is 1.53 bits per heavy atom. The number of rotatable bonds is 6. The molecule has 0 aliphatic heterocycles. The van der Waals surface area contributed by atoms with E-state index in [0.29, 0.717) is 0 Å². The summed E-state index contributed by atoms with van der Waals surface area (Å²) in [6.45, 7) is 3.55. The van der Waals surface area contributed by atoms with Crippen molar-refractivity contribution in [3.63, 3.8) is 0 Å². The molecule has 0 atom stereocenters. The van der Waals surface area contributed by atoms with Gasteiger partial charge in [-0.3, -0.25) is 14.9 Å². The number of nitro groups is 1. The standard InChI is InChI=1S/C11H16N4O4/c1-7(2)13-9(16)6-12-11-8(15(17)18)4-5-10(14-11)19-3/h4-5,7H,6H2,1-3H3,(H,12,14)(H,13,16). The van der Waals surface area contributed by atoms with Crippen LogP contribution >= 0.6 is 0 Å². The van der Waals surface area contributed by atoms with Gasteiger partial charge in [-0.05, 0) is 13.8 Å². The summed E-state index contributed by atoms with van der Waals surface area (Å²) in [5, 5.41) is 16.1. The number of carbonyl (C=O) groups excluding carboxylic acids is 1. The van der Waals surface area contributed by atoms with E-state index in [0.717, 1.165) is 0 Å². The molecular weight excluding hydrogens is 252 g/mol. The normalized spacial score (nSPS) is 10.1. The lowest BCUT2D eigenvalue weighted by molar-refractivity contribution is -0.384. The van der Waals surface area contributed by atoms with E-state index in [1.807, 2.05) is 13.8 Å². The van der Waals surface area contributed by atoms with Gasteiger partial charge in [0.05, 0.1) is 18.6 Å². The molecule has 0 aromatic carbocycles. The zero-order valence-electron chi connectivity index (χ0n) is 11.0. The number of pyridine rings is 1. The molecule has 104 valence electrons. The zero-order chi connectivity index (χ0) is 14.4. The Bertz CT molecular complexity index is 476. The predicted molar refractivity (Wildman–Crippen MR) is 69.2 cm³/mol. The molecule has 19 heavy (non-hydrogen) atoms. The van der Waals surface area contributed by atoms with Crippen LogP contribution in [0, 0.1) is 10.1 Å². The number of amides is 1. The third kappa shape index (κ3) is 4.41. The number of carbonyl (C=O) groups is 1. The summed E-state index contributed by atoms with van der Waals surface area (Å²) >= 11 is 0. The summed E-state index contributed by atoms with van der Waals surface area (Å²) < 4.78 is 4.89. The van der Waals surface area contributed by atoms with Crippen molar-refractivity contribution >= 4 is 17.4 Å². The Kier molecular flexibility index (Phi) is 5.04. The van der Waals surface area contributed by atoms with Crippen LogP contribution in [0.2, 0.25) is 0 Å². The third-order valence-electron chi connectivity index (χ3n) is 2.12. The number of ether oxygens (including phenoxy) is 1. The number of anilines is 1. The number of nitrogens with zero attached hydrogens (tertiary/aromatic N) is 2. The van der Waals surface area contributed by atoms with Gasteiger partial charge in [0.2, 0.25) is 17.6 Å². The Balaban J connectivity index is 2.80. The van der Waals surface area contributed by atoms with Crippen molar-refractivity contribution < 1.29 is 14.5 Å². The zero-order valence-corrected chi connectivity index (χ0v) is 11.0. The molecule has 0 radical (unpaired) electrons. The van der Waals surface area contributed by atoms with Crippen LogP contribution in [0.5, 0.6) is 5.88 Å². The van der Waals surface area contributed by atoms with E-state index in [9.17, 15) is 14.9 Å². The van der Waals surface area contributed by atoms with Crippen LogP contribution in [0.3, 0.4) is 0 Å². The van der Waals surface area contributed by atoms with E-state index >= 15 is 0 Å². The van der Waals surface area contributed by atoms with Crippen molar-refractivity contribution in [2.45, 2.75) is 19.9 Å². The topological polar surface area (TPSA) is 106 Å². The first-order chi connectivity index (χ1) is 8.93. The van der Waals surface area contributed by atoms with Gasteiger partial charge in [-0.1, -0.05) is 0 Å². The fourth-order valence-electron chi connectivity index (χ4n) is 1.36. The maximum Gasteiger partial charge on any atom is 0.311 e. The van der Waals surface area contributed by atoms with E-state index in [-0.39, 0.29) is 35.9 Å². The van der Waals surface area contributed by atoms with Crippen molar-refractivity contribution in [2.75, 3.05) is 19.0 Å². The first-order valence-electron chi connectivity index (χ1n) is 5.66. The van der Waals surface area contributed by atoms with Gasteiger partial charge in [0, 0.05) is 18.2 Å². The van der Waals surface area contributed by atoms with E-state index in [1.165, 1.54) is 19.2 Å². The molecule has 0 unspecified atom stereocenters. The second kappa shape index (κ2) is 6.53. The first-order valence-corrected chi connectivity index (χ1v) is 5.66. The van der Waals surface area contributed by atoms with Crippen LogP contribution in [-0.2, 0) is 4.79 Å². The Morgan fingerprint density at radius 2 is 2.21 bits per heavy atom. The molecule has 0 saturated carbocycles. The molecule has 1 rings (SSSR count). The summed E-state index contributed by atoms with van der Waals surface area (Å²) in [6, 6.07) is 2.66. The number of hydrogen-bond acceptors (Lipinski definition) is 6. The van der Waals surface area contributed by atoms with Gasteiger partial charge < -0.3 is 15.4 Å². The van der Waals surface area contributed by atoms with Gasteiger partial charge in [0.25, 0.3) is 0 Å². The average Bonchev–Trinajstić information content (AvgIpc) is 2.34. The van der Waals surface area contributed by atoms with E-state index in [4.69, 9.17) is 4.74 Å². The molecule has 1 aromatic heterocycles. The lowest BCUT2D eigenvalue weighted by Crippen LogP contribution is -2.35. The van der Waals surface area contributed by atoms with E-state index in [1.54, 1.807) is 0 Å². The molecule has 0 aliphatic carbocycles. The highest BCUT2D eigenvalue weighted by Crippen LogP contribution is 2.24. The Labute approximate surface area is 110 Å². The smallest absolute Gasteiger partial charge is 0.311 e. The fourth-order valence-corrected chi connectivity index (χ4v) is 1.36. The van der Waals surface area contributed by atoms with Crippen molar-refractivity contribution in [3.8, 4) is 5.88 Å². The monoisotopic (exact) mass is 268 g/mol. The molecular formula is C11H16N4O4. The lowest BCUT2D eigenvalue weighted by atomic mass is 10.3. The molecule has 1 aromatic rings. The minimum Gasteiger partial charge on any atom is -0.481 e. The summed E-state index contributed by atoms with van der Waals surface area (Å²) in [5.74, 6) is -0.0328. The predicted octanol–water partition coefficient (Wildman–Crippen LogP) is 0.935. The van der Waals surface area contributed by atoms with Crippen LogP contribution in [0.1, 0.15) is 13.8 Å². The van der Waals surface area contributed by atoms with Crippen molar-refractivity contribution in [1.29, 1.82) is 0 Å². The maximum atomic E-state index is 11.5. The third-order valence-corrected chi connectivity index (χ3v) is 2.12. The van der Waals surface area contributed by atoms with E-state index in [2.05, 4.69) is 15.6 Å². The molecule has 1 heterocycles. The van der Waals surface area contributed by atoms with Gasteiger partial charge in [0.1, 0.15) is 0 Å². The molecule has 0 fully saturated rings. The second-order valence-electron chi connectivity index (χ2n) is 4.05. The highest BCUT2D eigenvalue weighted by atomic mass is 16.6. The molecule has 0 saturated heterocycles. The minimum atomic E-state index is -0.574. The molecule has 8 nitrogen and oxygen atoms in total. The number of methoxy groups -OCH3 is 1. The van der Waals surface area contributed by atoms with Crippen LogP contribution in [0.25, 0.3) is 0 Å². The SMILES string of the molecule is COc1ccc([N+](=O)[O-])c(NCC(=O)NC(C)C)n1. The Morgan fingerprint density at radius 3 is 2.74 bits per heavy atom. The molecule has 0 bridgehead atoms. The van der Waals surface area contributed by atoms with Crippen LogP contribution in [-0.4, -0.2) is 35.5 Å². The largest absolute Gasteiger partial charge is 0.481 e. The van der Waals surface area contributed by atoms with Crippen molar-refractivity contribution in [3.05, 3.63) is 22.2 Å². The van der Waals surface area contributed by atoms with Crippen molar-refractivity contribution in [1.82, 2.24) is 10.3 Å². The summed E-state index contributed by atoms with van der Waals surface area (Å²) in [7, 11) is 1.41. The number of aromatic nitrogens is 1. The number of hydrogen-bond donors (Lipinski definition) is 2. The quantitative estimate of drug-likeness (QED) is 0.587. The molecule has 2 N–H and O–H groups in total. The lowest BCUT2D eigenvalue weighted by Gasteiger charge is -2.10. The van der Waals surface area contributed by atoms with Crippen LogP contribution in [0.15, 0.2) is 12.1 Å². The van der Waals surface area contributed by atoms with Gasteiger partial charge in [-0.2, -0.15) is 4.98 Å². The summed E-state index contributed by atoms with van der Waals surface area (Å²) in [5.41, 5.74) is -0.210. The van der Waals surface area contributed by atoms with Gasteiger partial charge in [0.15, 0.2) is 0 Å². The van der Waals surface area contributed by atoms with Crippen molar-refractivity contribution in [2.24, 2.45) is 0 Å². The molecule has 8 heteroatoms. The summed E-state index contributed by atoms with van der Waals surface area (Å²) in [6.07, 6.45) is 0. The van der Waals surface area contributed by atoms with Crippen LogP contribution in [0.4, 0.5) is 11.5 Å². The van der Waals surface area contributed by atoms with Gasteiger partial charge in [-0.15, -0.1) is 0 Å². The maximum absolute atomic E-state index is 11.5.